The predicted molar refractivity (Wildman–Crippen MR) is 358 cm³/mol. The maximum absolute atomic E-state index is 14.4. The third kappa shape index (κ3) is 22.3. The number of methoxy groups -OCH3 is 2. The molecule has 2 aromatic rings. The highest BCUT2D eigenvalue weighted by Crippen LogP contribution is 2.49. The number of allylic oxidation sites excluding steroid dienone is 3. The molecule has 5 aliphatic heterocycles. The number of ether oxygens (including phenoxy) is 8. The number of halogens is 1. The van der Waals surface area contributed by atoms with Crippen LogP contribution in [0.25, 0.3) is 0 Å². The van der Waals surface area contributed by atoms with E-state index >= 15 is 0 Å². The highest BCUT2D eigenvalue weighted by Gasteiger charge is 2.64. The molecular weight excluding hydrogens is 1310 g/mol. The van der Waals surface area contributed by atoms with Gasteiger partial charge in [-0.05, 0) is 63.1 Å². The van der Waals surface area contributed by atoms with E-state index < -0.39 is 101 Å². The molecule has 95 heavy (non-hydrogen) atoms. The Morgan fingerprint density at radius 3 is 2.24 bits per heavy atom. The van der Waals surface area contributed by atoms with Crippen molar-refractivity contribution < 1.29 is 86.2 Å². The van der Waals surface area contributed by atoms with Gasteiger partial charge in [-0.25, -0.2) is 9.59 Å². The van der Waals surface area contributed by atoms with Crippen molar-refractivity contribution in [3.8, 4) is 5.75 Å². The van der Waals surface area contributed by atoms with Gasteiger partial charge >= 0.3 is 12.1 Å². The number of carbonyl (C=O) groups excluding carboxylic acids is 9. The molecule has 3 saturated heterocycles. The van der Waals surface area contributed by atoms with Gasteiger partial charge in [-0.1, -0.05) is 72.7 Å². The summed E-state index contributed by atoms with van der Waals surface area (Å²) in [5, 5.41) is 22.3. The molecule has 3 fully saturated rings. The van der Waals surface area contributed by atoms with Crippen LogP contribution in [0.3, 0.4) is 0 Å². The van der Waals surface area contributed by atoms with Gasteiger partial charge in [0.25, 0.3) is 0 Å². The number of esters is 1. The van der Waals surface area contributed by atoms with E-state index in [0.717, 1.165) is 37.6 Å². The second-order valence-corrected chi connectivity index (χ2v) is 27.7. The Bertz CT molecular complexity index is 3150. The number of carbonyl (C=O) groups is 9. The molecule has 0 spiro atoms. The number of alkyl carbamates (subject to hydrolysis) is 1. The molecule has 5 heterocycles. The van der Waals surface area contributed by atoms with E-state index in [1.54, 1.807) is 61.7 Å². The number of thioether (sulfide) groups is 3. The average Bonchev–Trinajstić information content (AvgIpc) is 1.57. The SMILES string of the molecule is COc1cc2cc(c1Cl)N(C)C(=O)C[C@H](OC(=O)[C@H](C)N(C)C(=O)CCSC1CC(=O)N(CCOCCOCCNC(=O)COC3CNC(=O)CCSc4cccccccc(c4)SCCC(=O)NC3)C1=O)[C@]1(C)O[C@H]1[C@H](C)[C@@H]1C[C@@](O)(NC(=O)O1)[C@H](OC)/C=C/C=C(\C)C2. The Morgan fingerprint density at radius 2 is 1.58 bits per heavy atom. The van der Waals surface area contributed by atoms with E-state index in [1.807, 2.05) is 55.5 Å². The van der Waals surface area contributed by atoms with Gasteiger partial charge in [0.2, 0.25) is 41.4 Å². The maximum atomic E-state index is 14.4. The molecule has 1 unspecified atom stereocenters. The lowest BCUT2D eigenvalue weighted by Crippen LogP contribution is -2.63. The molecule has 0 aromatic heterocycles. The zero-order valence-corrected chi connectivity index (χ0v) is 58.1. The number of fused-ring (bicyclic) bond motifs is 7. The molecule has 8 amide bonds. The number of nitrogens with one attached hydrogen (secondary N) is 4. The summed E-state index contributed by atoms with van der Waals surface area (Å²) in [6, 6.07) is 18.0. The number of hydrogen-bond acceptors (Lipinski definition) is 21. The molecule has 0 radical (unpaired) electrons. The Labute approximate surface area is 572 Å². The minimum absolute atomic E-state index is 0.00474. The second-order valence-electron chi connectivity index (χ2n) is 23.7. The molecule has 5 N–H and O–H groups in total. The Balaban J connectivity index is 0.826. The number of nitrogens with zero attached hydrogens (tertiary/aromatic N) is 3. The summed E-state index contributed by atoms with van der Waals surface area (Å²) in [6.45, 7) is 7.36. The van der Waals surface area contributed by atoms with Gasteiger partial charge in [-0.3, -0.25) is 43.8 Å². The fourth-order valence-electron chi connectivity index (χ4n) is 10.9. The first-order valence-corrected chi connectivity index (χ1v) is 34.9. The van der Waals surface area contributed by atoms with Crippen LogP contribution in [0.4, 0.5) is 10.5 Å². The van der Waals surface area contributed by atoms with Gasteiger partial charge in [-0.15, -0.1) is 35.3 Å². The fourth-order valence-corrected chi connectivity index (χ4v) is 14.3. The zero-order valence-electron chi connectivity index (χ0n) is 54.9. The molecule has 29 heteroatoms. The Hall–Kier alpha value is -6.47. The Morgan fingerprint density at radius 1 is 0.916 bits per heavy atom. The number of imide groups is 1. The van der Waals surface area contributed by atoms with Gasteiger partial charge in [0.15, 0.2) is 5.72 Å². The van der Waals surface area contributed by atoms with E-state index in [2.05, 4.69) is 27.3 Å². The molecule has 0 aliphatic carbocycles. The average molecular weight is 1400 g/mol. The predicted octanol–water partition coefficient (Wildman–Crippen LogP) is 5.33. The lowest BCUT2D eigenvalue weighted by molar-refractivity contribution is -0.162. The van der Waals surface area contributed by atoms with Crippen LogP contribution >= 0.6 is 46.9 Å². The normalized spacial score (nSPS) is 26.0. The van der Waals surface area contributed by atoms with Crippen molar-refractivity contribution in [2.75, 3.05) is 110 Å². The van der Waals surface area contributed by atoms with E-state index in [1.165, 1.54) is 45.0 Å². The van der Waals surface area contributed by atoms with E-state index in [9.17, 15) is 48.3 Å². The van der Waals surface area contributed by atoms with Gasteiger partial charge in [0, 0.05) is 106 Å². The van der Waals surface area contributed by atoms with Crippen molar-refractivity contribution >= 4 is 106 Å². The number of rotatable bonds is 21. The number of amides is 8. The number of aliphatic hydroxyl groups is 1. The first-order chi connectivity index (χ1) is 45.4. The number of hydrogen-bond donors (Lipinski definition) is 5. The Kier molecular flexibility index (Phi) is 29.4. The highest BCUT2D eigenvalue weighted by molar-refractivity contribution is 8.00. The molecule has 520 valence electrons. The monoisotopic (exact) mass is 1400 g/mol. The van der Waals surface area contributed by atoms with E-state index in [-0.39, 0.29) is 120 Å². The summed E-state index contributed by atoms with van der Waals surface area (Å²) < 4.78 is 46.5. The van der Waals surface area contributed by atoms with Gasteiger partial charge < -0.3 is 68.8 Å². The third-order valence-electron chi connectivity index (χ3n) is 16.7. The number of epoxide rings is 1. The van der Waals surface area contributed by atoms with Crippen LogP contribution in [0.5, 0.6) is 5.75 Å². The first-order valence-electron chi connectivity index (χ1n) is 31.5. The summed E-state index contributed by atoms with van der Waals surface area (Å²) in [5.41, 5.74) is -1.26. The van der Waals surface area contributed by atoms with Crippen molar-refractivity contribution in [2.24, 2.45) is 5.92 Å². The van der Waals surface area contributed by atoms with Crippen LogP contribution in [-0.4, -0.2) is 226 Å². The van der Waals surface area contributed by atoms with Crippen molar-refractivity contribution in [3.05, 3.63) is 95.1 Å². The molecule has 0 saturated carbocycles. The lowest BCUT2D eigenvalue weighted by atomic mass is 9.83. The summed E-state index contributed by atoms with van der Waals surface area (Å²) in [5.74, 6) is -2.44. The van der Waals surface area contributed by atoms with Gasteiger partial charge in [0.05, 0.1) is 69.6 Å². The minimum atomic E-state index is -1.90. The van der Waals surface area contributed by atoms with E-state index in [4.69, 9.17) is 49.5 Å². The topological polar surface area (TPSA) is 309 Å². The largest absolute Gasteiger partial charge is 0.495 e. The fraction of sp³-hybridized carbons (Fsp3) is 0.561. The number of likely N-dealkylation sites (N-methyl/N-ethyl adjacent to an activating group) is 1. The summed E-state index contributed by atoms with van der Waals surface area (Å²) in [7, 11) is 5.84. The summed E-state index contributed by atoms with van der Waals surface area (Å²) >= 11 is 11.1. The number of benzene rings is 1. The van der Waals surface area contributed by atoms with Crippen LogP contribution < -0.4 is 30.9 Å². The quantitative estimate of drug-likeness (QED) is 0.0456. The highest BCUT2D eigenvalue weighted by atomic mass is 35.5. The lowest BCUT2D eigenvalue weighted by Gasteiger charge is -2.42. The molecule has 7 rings (SSSR count). The van der Waals surface area contributed by atoms with E-state index in [0.29, 0.717) is 29.4 Å². The standard InChI is InChI=1S/C66H88ClN7O18S3/c1-41-15-14-18-52(86-8)66(84)37-50(90-64(83)71-66)42(2)61-65(4,92-61)53(36-58(79)73(6)48-32-44(31-41)33-49(85-7)60(48)67)91-63(82)43(3)72(5)57(78)21-30-95-51-35-59(80)74(62(51)81)23-25-88-27-26-87-24-22-68-56(77)40-89-45-38-69-54(75)19-28-93-46-16-12-10-9-11-13-17-47(34-46)94-29-20-55(76)70-39-45/h9-18,32-34,42-43,45,50-53,61,84H,19-31,35-40H2,1-8H3,(H,68,77)(H,69,75)(H,70,76)(H,71,83)/b10-9?,11-9?,12-10?,13-11?,16-12?,17-13?,18-14+,41-15+,46-16?,46-34?,47-17?,47-34?/t42-,43+,45?,50+,51?,52-,53+,61+,65+,66+/m1/s1. The van der Waals surface area contributed by atoms with Crippen LogP contribution in [0.1, 0.15) is 71.8 Å². The van der Waals surface area contributed by atoms with Crippen molar-refractivity contribution in [1.82, 2.24) is 31.1 Å². The molecule has 25 nitrogen and oxygen atoms in total. The molecular formula is C66H88ClN7O18S3. The molecule has 9 atom stereocenters. The zero-order chi connectivity index (χ0) is 68.8. The van der Waals surface area contributed by atoms with Crippen molar-refractivity contribution in [2.45, 2.75) is 136 Å². The minimum Gasteiger partial charge on any atom is -0.495 e. The molecule has 2 aromatic carbocycles. The number of likely N-dealkylation sites (tertiary alicyclic amines) is 1. The van der Waals surface area contributed by atoms with Crippen LogP contribution in [0.2, 0.25) is 5.02 Å². The third-order valence-corrected chi connectivity index (χ3v) is 20.3. The smallest absolute Gasteiger partial charge is 0.409 e. The second kappa shape index (κ2) is 36.8. The molecule has 5 aliphatic rings. The molecule has 6 bridgehead atoms. The van der Waals surface area contributed by atoms with Crippen LogP contribution in [0, 0.1) is 5.92 Å². The number of anilines is 1. The maximum Gasteiger partial charge on any atom is 0.409 e. The first kappa shape index (κ1) is 75.9. The van der Waals surface area contributed by atoms with Crippen molar-refractivity contribution in [1.29, 1.82) is 0 Å². The van der Waals surface area contributed by atoms with Crippen LogP contribution in [0.15, 0.2) is 94.3 Å². The summed E-state index contributed by atoms with van der Waals surface area (Å²) in [6.07, 6.45) is -0.0820. The van der Waals surface area contributed by atoms with Gasteiger partial charge in [0.1, 0.15) is 47.3 Å². The van der Waals surface area contributed by atoms with Gasteiger partial charge in [-0.2, -0.15) is 0 Å². The summed E-state index contributed by atoms with van der Waals surface area (Å²) in [4.78, 5) is 126. The van der Waals surface area contributed by atoms with Crippen LogP contribution in [-0.2, 0) is 77.9 Å². The van der Waals surface area contributed by atoms with Crippen molar-refractivity contribution in [3.63, 3.8) is 0 Å².